The summed E-state index contributed by atoms with van der Waals surface area (Å²) < 4.78 is 5.02. The van der Waals surface area contributed by atoms with Crippen LogP contribution in [-0.4, -0.2) is 50.2 Å². The van der Waals surface area contributed by atoms with Crippen LogP contribution in [0.25, 0.3) is 0 Å². The van der Waals surface area contributed by atoms with Crippen molar-refractivity contribution in [1.29, 1.82) is 0 Å². The molecule has 0 spiro atoms. The van der Waals surface area contributed by atoms with Crippen LogP contribution in [0.2, 0.25) is 0 Å². The summed E-state index contributed by atoms with van der Waals surface area (Å²) in [5.74, 6) is 0.0836. The van der Waals surface area contributed by atoms with Gasteiger partial charge in [0.05, 0.1) is 6.61 Å². The van der Waals surface area contributed by atoms with E-state index < -0.39 is 0 Å². The SMILES string of the molecule is CC.CC.CC(C)(C)C.COCCN1CCC(NC(C)=O)CC1. The highest BCUT2D eigenvalue weighted by molar-refractivity contribution is 5.73. The minimum Gasteiger partial charge on any atom is -0.383 e. The number of ether oxygens (including phenoxy) is 1. The van der Waals surface area contributed by atoms with Gasteiger partial charge in [-0.25, -0.2) is 0 Å². The summed E-state index contributed by atoms with van der Waals surface area (Å²) in [6, 6.07) is 0.381. The number of amides is 1. The first-order valence-electron chi connectivity index (χ1n) is 9.20. The van der Waals surface area contributed by atoms with Crippen molar-refractivity contribution in [3.8, 4) is 0 Å². The fraction of sp³-hybridized carbons (Fsp3) is 0.947. The van der Waals surface area contributed by atoms with Gasteiger partial charge in [0.15, 0.2) is 0 Å². The summed E-state index contributed by atoms with van der Waals surface area (Å²) in [5, 5.41) is 2.96. The van der Waals surface area contributed by atoms with E-state index in [0.717, 1.165) is 39.1 Å². The molecule has 0 aliphatic carbocycles. The van der Waals surface area contributed by atoms with E-state index in [2.05, 4.69) is 37.9 Å². The Morgan fingerprint density at radius 2 is 1.48 bits per heavy atom. The van der Waals surface area contributed by atoms with Gasteiger partial charge in [-0.2, -0.15) is 0 Å². The van der Waals surface area contributed by atoms with Crippen LogP contribution in [0.5, 0.6) is 0 Å². The molecule has 0 aromatic heterocycles. The number of nitrogens with one attached hydrogen (secondary N) is 1. The van der Waals surface area contributed by atoms with Crippen molar-refractivity contribution in [2.24, 2.45) is 5.41 Å². The molecule has 1 amide bonds. The molecular weight excluding hydrogens is 288 g/mol. The quantitative estimate of drug-likeness (QED) is 0.832. The van der Waals surface area contributed by atoms with Crippen LogP contribution in [0, 0.1) is 5.41 Å². The molecular formula is C19H44N2O2. The molecule has 1 fully saturated rings. The molecule has 0 unspecified atom stereocenters. The van der Waals surface area contributed by atoms with E-state index in [-0.39, 0.29) is 5.91 Å². The summed E-state index contributed by atoms with van der Waals surface area (Å²) in [6.45, 7) is 22.3. The van der Waals surface area contributed by atoms with Gasteiger partial charge in [0, 0.05) is 39.7 Å². The number of hydrogen-bond acceptors (Lipinski definition) is 3. The summed E-state index contributed by atoms with van der Waals surface area (Å²) in [7, 11) is 1.73. The monoisotopic (exact) mass is 332 g/mol. The maximum Gasteiger partial charge on any atom is 0.217 e. The van der Waals surface area contributed by atoms with Crippen molar-refractivity contribution in [1.82, 2.24) is 10.2 Å². The Bertz CT molecular complexity index is 236. The molecule has 0 saturated carbocycles. The van der Waals surface area contributed by atoms with Gasteiger partial charge in [0.1, 0.15) is 0 Å². The molecule has 23 heavy (non-hydrogen) atoms. The van der Waals surface area contributed by atoms with Crippen molar-refractivity contribution in [3.05, 3.63) is 0 Å². The van der Waals surface area contributed by atoms with Crippen molar-refractivity contribution in [2.45, 2.75) is 81.2 Å². The minimum absolute atomic E-state index is 0.0836. The summed E-state index contributed by atoms with van der Waals surface area (Å²) in [4.78, 5) is 13.2. The van der Waals surface area contributed by atoms with E-state index >= 15 is 0 Å². The molecule has 0 atom stereocenters. The Balaban J connectivity index is -0.000000375. The lowest BCUT2D eigenvalue weighted by Gasteiger charge is -2.31. The highest BCUT2D eigenvalue weighted by Gasteiger charge is 2.18. The Hall–Kier alpha value is -0.610. The molecule has 1 aliphatic rings. The zero-order valence-corrected chi connectivity index (χ0v) is 17.6. The second-order valence-corrected chi connectivity index (χ2v) is 6.81. The number of piperidine rings is 1. The van der Waals surface area contributed by atoms with Gasteiger partial charge in [-0.1, -0.05) is 55.4 Å². The molecule has 1 N–H and O–H groups in total. The lowest BCUT2D eigenvalue weighted by Crippen LogP contribution is -2.44. The Morgan fingerprint density at radius 3 is 1.78 bits per heavy atom. The summed E-state index contributed by atoms with van der Waals surface area (Å²) >= 11 is 0. The number of rotatable bonds is 4. The van der Waals surface area contributed by atoms with Crippen molar-refractivity contribution in [2.75, 3.05) is 33.4 Å². The third kappa shape index (κ3) is 26.6. The number of nitrogens with zero attached hydrogens (tertiary/aromatic N) is 1. The van der Waals surface area contributed by atoms with Crippen molar-refractivity contribution in [3.63, 3.8) is 0 Å². The normalized spacial score (nSPS) is 15.0. The number of carbonyl (C=O) groups excluding carboxylic acids is 1. The zero-order valence-electron chi connectivity index (χ0n) is 17.6. The zero-order chi connectivity index (χ0) is 18.9. The topological polar surface area (TPSA) is 41.6 Å². The summed E-state index contributed by atoms with van der Waals surface area (Å²) in [6.07, 6.45) is 2.12. The molecule has 1 rings (SSSR count). The number of carbonyl (C=O) groups is 1. The minimum atomic E-state index is 0.0836. The van der Waals surface area contributed by atoms with Crippen LogP contribution in [-0.2, 0) is 9.53 Å². The maximum absolute atomic E-state index is 10.8. The van der Waals surface area contributed by atoms with Crippen LogP contribution in [0.3, 0.4) is 0 Å². The Kier molecular flexibility index (Phi) is 21.0. The molecule has 1 heterocycles. The van der Waals surface area contributed by atoms with Gasteiger partial charge >= 0.3 is 0 Å². The second-order valence-electron chi connectivity index (χ2n) is 6.81. The molecule has 0 radical (unpaired) electrons. The molecule has 142 valence electrons. The van der Waals surface area contributed by atoms with Crippen LogP contribution in [0.1, 0.15) is 75.2 Å². The summed E-state index contributed by atoms with van der Waals surface area (Å²) in [5.41, 5.74) is 0.500. The molecule has 0 aromatic rings. The van der Waals surface area contributed by atoms with E-state index in [1.807, 2.05) is 27.7 Å². The average Bonchev–Trinajstić information content (AvgIpc) is 2.48. The highest BCUT2D eigenvalue weighted by atomic mass is 16.5. The van der Waals surface area contributed by atoms with E-state index in [1.54, 1.807) is 14.0 Å². The van der Waals surface area contributed by atoms with E-state index in [1.165, 1.54) is 0 Å². The van der Waals surface area contributed by atoms with Gasteiger partial charge in [-0.15, -0.1) is 0 Å². The van der Waals surface area contributed by atoms with E-state index in [4.69, 9.17) is 4.74 Å². The first kappa shape index (κ1) is 27.2. The van der Waals surface area contributed by atoms with Gasteiger partial charge in [0.2, 0.25) is 5.91 Å². The lowest BCUT2D eigenvalue weighted by atomic mass is 10.0. The van der Waals surface area contributed by atoms with Crippen LogP contribution < -0.4 is 5.32 Å². The van der Waals surface area contributed by atoms with Gasteiger partial charge in [0.25, 0.3) is 0 Å². The Labute approximate surface area is 146 Å². The number of hydrogen-bond donors (Lipinski definition) is 1. The van der Waals surface area contributed by atoms with E-state index in [9.17, 15) is 4.79 Å². The smallest absolute Gasteiger partial charge is 0.217 e. The molecule has 1 saturated heterocycles. The van der Waals surface area contributed by atoms with Crippen LogP contribution >= 0.6 is 0 Å². The molecule has 0 aromatic carbocycles. The standard InChI is InChI=1S/C10H20N2O2.C5H12.2C2H6/c1-9(13)11-10-3-5-12(6-4-10)7-8-14-2;1-5(2,3)4;2*1-2/h10H,3-8H2,1-2H3,(H,11,13);1-4H3;2*1-2H3. The molecule has 1 aliphatic heterocycles. The lowest BCUT2D eigenvalue weighted by molar-refractivity contribution is -0.119. The van der Waals surface area contributed by atoms with E-state index in [0.29, 0.717) is 11.5 Å². The molecule has 4 heteroatoms. The molecule has 0 bridgehead atoms. The first-order valence-corrected chi connectivity index (χ1v) is 9.20. The largest absolute Gasteiger partial charge is 0.383 e. The van der Waals surface area contributed by atoms with Gasteiger partial charge in [-0.3, -0.25) is 4.79 Å². The fourth-order valence-corrected chi connectivity index (χ4v) is 1.81. The third-order valence-corrected chi connectivity index (χ3v) is 2.61. The maximum atomic E-state index is 10.8. The van der Waals surface area contributed by atoms with Crippen molar-refractivity contribution >= 4 is 5.91 Å². The number of methoxy groups -OCH3 is 1. The average molecular weight is 333 g/mol. The molecule has 4 nitrogen and oxygen atoms in total. The van der Waals surface area contributed by atoms with Crippen LogP contribution in [0.4, 0.5) is 0 Å². The highest BCUT2D eigenvalue weighted by Crippen LogP contribution is 2.09. The van der Waals surface area contributed by atoms with Crippen molar-refractivity contribution < 1.29 is 9.53 Å². The predicted molar refractivity (Wildman–Crippen MR) is 103 cm³/mol. The van der Waals surface area contributed by atoms with Gasteiger partial charge < -0.3 is 15.0 Å². The predicted octanol–water partition coefficient (Wildman–Crippen LogP) is 4.34. The first-order chi connectivity index (χ1) is 10.7. The van der Waals surface area contributed by atoms with Gasteiger partial charge in [-0.05, 0) is 18.3 Å². The Morgan fingerprint density at radius 1 is 1.09 bits per heavy atom. The van der Waals surface area contributed by atoms with Crippen LogP contribution in [0.15, 0.2) is 0 Å². The fourth-order valence-electron chi connectivity index (χ4n) is 1.81. The third-order valence-electron chi connectivity index (χ3n) is 2.61. The number of likely N-dealkylation sites (tertiary alicyclic amines) is 1. The second kappa shape index (κ2) is 17.7.